The first kappa shape index (κ1) is 63.8. The molecular weight excluding hydrogens is 845 g/mol. The second-order valence-electron chi connectivity index (χ2n) is 16.5. The van der Waals surface area contributed by atoms with Crippen LogP contribution in [0.15, 0.2) is 25.0 Å². The molecule has 362 valence electrons. The summed E-state index contributed by atoms with van der Waals surface area (Å²) in [6.07, 6.45) is 9.43. The zero-order chi connectivity index (χ0) is 46.3. The minimum Gasteiger partial charge on any atom is -0.850 e. The van der Waals surface area contributed by atoms with E-state index in [4.69, 9.17) is 34.2 Å². The Kier molecular flexibility index (Phi) is 38.9. The van der Waals surface area contributed by atoms with E-state index in [1.807, 2.05) is 12.2 Å². The molecule has 2 saturated heterocycles. The molecule has 1 amide bonds. The Balaban J connectivity index is 0. The van der Waals surface area contributed by atoms with Crippen molar-refractivity contribution in [2.45, 2.75) is 217 Å². The first-order valence-electron chi connectivity index (χ1n) is 22.4. The number of ether oxygens (including phenoxy) is 6. The largest absolute Gasteiger partial charge is 1.00 e. The van der Waals surface area contributed by atoms with Crippen LogP contribution in [0.4, 0.5) is 13.2 Å². The quantitative estimate of drug-likeness (QED) is 0.0289. The Morgan fingerprint density at radius 2 is 1.16 bits per heavy atom. The van der Waals surface area contributed by atoms with Crippen molar-refractivity contribution in [2.24, 2.45) is 5.73 Å². The Hall–Kier alpha value is -0.264. The van der Waals surface area contributed by atoms with E-state index in [9.17, 15) is 43.5 Å². The van der Waals surface area contributed by atoms with E-state index in [1.165, 1.54) is 76.5 Å². The third-order valence-electron chi connectivity index (χ3n) is 9.65. The number of halogens is 3. The van der Waals surface area contributed by atoms with Gasteiger partial charge in [0.15, 0.2) is 6.29 Å². The number of rotatable bonds is 28. The normalized spacial score (nSPS) is 26.4. The molecule has 18 heteroatoms. The third-order valence-corrected chi connectivity index (χ3v) is 9.65. The van der Waals surface area contributed by atoms with Gasteiger partial charge in [0.1, 0.15) is 42.7 Å². The van der Waals surface area contributed by atoms with Gasteiger partial charge in [-0.2, -0.15) is 13.2 Å². The first-order valence-corrected chi connectivity index (χ1v) is 22.4. The zero-order valence-corrected chi connectivity index (χ0v) is 42.0. The Morgan fingerprint density at radius 1 is 0.758 bits per heavy atom. The maximum Gasteiger partial charge on any atom is 1.00 e. The van der Waals surface area contributed by atoms with E-state index >= 15 is 0 Å². The molecule has 62 heavy (non-hydrogen) atoms. The number of aliphatic hydroxyl groups excluding tert-OH is 4. The second-order valence-corrected chi connectivity index (χ2v) is 16.5. The van der Waals surface area contributed by atoms with Crippen molar-refractivity contribution >= 4 is 5.91 Å². The molecule has 0 radical (unpaired) electrons. The van der Waals surface area contributed by atoms with E-state index in [2.05, 4.69) is 20.4 Å². The van der Waals surface area contributed by atoms with Crippen molar-refractivity contribution < 1.29 is 123 Å². The number of allylic oxidation sites excluding steroid dienone is 1. The van der Waals surface area contributed by atoms with Crippen LogP contribution < -0.4 is 67.5 Å². The van der Waals surface area contributed by atoms with Crippen molar-refractivity contribution in [3.8, 4) is 0 Å². The average molecular weight is 927 g/mol. The number of carbonyl (C=O) groups excluding carboxylic acids is 1. The van der Waals surface area contributed by atoms with E-state index in [-0.39, 0.29) is 71.2 Å². The number of alkyl halides is 3. The predicted octanol–water partition coefficient (Wildman–Crippen LogP) is 2.46. The summed E-state index contributed by atoms with van der Waals surface area (Å²) >= 11 is 0. The number of unbranched alkanes of at least 4 members (excludes halogenated alkanes) is 14. The van der Waals surface area contributed by atoms with Crippen LogP contribution in [0.3, 0.4) is 0 Å². The van der Waals surface area contributed by atoms with Crippen molar-refractivity contribution in [3.63, 3.8) is 0 Å². The van der Waals surface area contributed by atoms with Crippen LogP contribution in [0.2, 0.25) is 0 Å². The number of nitrogens with two attached hydrogens (primary N) is 1. The summed E-state index contributed by atoms with van der Waals surface area (Å²) in [7, 11) is 0. The molecule has 10 atom stereocenters. The minimum atomic E-state index is -5.12. The van der Waals surface area contributed by atoms with Gasteiger partial charge in [-0.1, -0.05) is 137 Å². The van der Waals surface area contributed by atoms with Gasteiger partial charge in [-0.15, -0.1) is 12.2 Å². The fourth-order valence-corrected chi connectivity index (χ4v) is 6.45. The smallest absolute Gasteiger partial charge is 0.850 e. The summed E-state index contributed by atoms with van der Waals surface area (Å²) in [6.45, 7) is 14.3. The van der Waals surface area contributed by atoms with Gasteiger partial charge >= 0.3 is 63.5 Å². The number of hydrogen-bond donors (Lipinski definition) is 6. The van der Waals surface area contributed by atoms with Gasteiger partial charge in [0.2, 0.25) is 6.29 Å². The molecule has 0 aromatic carbocycles. The molecule has 7 N–H and O–H groups in total. The summed E-state index contributed by atoms with van der Waals surface area (Å²) in [5.41, 5.74) is 5.38. The van der Waals surface area contributed by atoms with Gasteiger partial charge < -0.3 is 65.0 Å². The van der Waals surface area contributed by atoms with Crippen molar-refractivity contribution in [1.29, 1.82) is 0 Å². The monoisotopic (exact) mass is 927 g/mol. The fourth-order valence-electron chi connectivity index (χ4n) is 6.45. The fraction of sp³-hybridized carbons (Fsp3) is 0.886. The predicted molar refractivity (Wildman–Crippen MR) is 226 cm³/mol. The molecule has 2 heterocycles. The van der Waals surface area contributed by atoms with Crippen LogP contribution in [0, 0.1) is 0 Å². The van der Waals surface area contributed by atoms with Crippen LogP contribution >= 0.6 is 0 Å². The minimum absolute atomic E-state index is 0. The molecule has 0 aromatic heterocycles. The molecule has 0 saturated carbocycles. The van der Waals surface area contributed by atoms with E-state index in [1.54, 1.807) is 26.8 Å². The number of carbonyl (C=O) groups is 1. The molecule has 2 rings (SSSR count). The van der Waals surface area contributed by atoms with Crippen molar-refractivity contribution in [2.75, 3.05) is 33.0 Å². The molecule has 2 aliphatic rings. The average Bonchev–Trinajstić information content (AvgIpc) is 3.20. The van der Waals surface area contributed by atoms with Crippen LogP contribution in [0.5, 0.6) is 0 Å². The summed E-state index contributed by atoms with van der Waals surface area (Å²) in [5.74, 6) is -2.19. The molecule has 0 aromatic rings. The molecule has 0 bridgehead atoms. The topological polar surface area (TPSA) is 214 Å². The number of amides is 1. The summed E-state index contributed by atoms with van der Waals surface area (Å²) in [6, 6.07) is -2.02. The molecule has 0 spiro atoms. The van der Waals surface area contributed by atoms with E-state index < -0.39 is 85.6 Å². The van der Waals surface area contributed by atoms with Gasteiger partial charge in [-0.3, -0.25) is 4.79 Å². The summed E-state index contributed by atoms with van der Waals surface area (Å²) < 4.78 is 71.5. The maximum absolute atomic E-state index is 12.8. The Morgan fingerprint density at radius 3 is 1.56 bits per heavy atom. The third kappa shape index (κ3) is 29.4. The molecule has 14 nitrogen and oxygen atoms in total. The SMILES string of the molecule is C/C=C\O[C@H]1OC(CO)C(O)C(OCCCCCCCCCC)C1N.C=CCOC1OC(CO)C(O)C(OCCCCCCCCCC)C1NC(=O)C(F)(F)F.CC(C)(C)[O-].[K+]. The van der Waals surface area contributed by atoms with Crippen LogP contribution in [0.25, 0.3) is 0 Å². The molecule has 2 aliphatic heterocycles. The maximum atomic E-state index is 12.8. The van der Waals surface area contributed by atoms with Crippen molar-refractivity contribution in [1.82, 2.24) is 5.32 Å². The molecular formula is C44H82F3KN2O12. The van der Waals surface area contributed by atoms with Gasteiger partial charge in [-0.05, 0) is 19.8 Å². The molecule has 2 fully saturated rings. The van der Waals surface area contributed by atoms with Gasteiger partial charge in [0.05, 0.1) is 32.1 Å². The van der Waals surface area contributed by atoms with E-state index in [0.717, 1.165) is 32.1 Å². The zero-order valence-electron chi connectivity index (χ0n) is 38.8. The Labute approximate surface area is 412 Å². The standard InChI is InChI=1S/C21H36F3NO6.C19H37NO5.C4H9O.K/c1-3-5-6-7-8-9-10-11-13-29-18-16(25-20(28)21(22,23)24)19(30-12-4-2)31-15(14-26)17(18)27;1-3-5-6-7-8-9-10-11-13-23-18-16(20)19(24-12-4-2)25-15(14-21)17(18)22;1-4(2,3)5;/h4,15-19,26-27H,2-3,5-14H2,1H3,(H,25,28);4,12,15-19,21-22H,3,5-11,13-14,20H2,1-2H3;1-3H3;/q;;-1;+1/b;12-4-;;/t;15?,16?,17?,18?,19-;;/m.0../s1. The number of aliphatic hydroxyl groups is 4. The van der Waals surface area contributed by atoms with Gasteiger partial charge in [-0.25, -0.2) is 0 Å². The van der Waals surface area contributed by atoms with Crippen LogP contribution in [-0.2, 0) is 33.2 Å². The molecule has 9 unspecified atom stereocenters. The molecule has 0 aliphatic carbocycles. The van der Waals surface area contributed by atoms with Crippen LogP contribution in [0.1, 0.15) is 144 Å². The number of nitrogens with one attached hydrogen (secondary N) is 1. The first-order chi connectivity index (χ1) is 28.9. The van der Waals surface area contributed by atoms with E-state index in [0.29, 0.717) is 13.0 Å². The number of hydrogen-bond acceptors (Lipinski definition) is 13. The summed E-state index contributed by atoms with van der Waals surface area (Å²) in [4.78, 5) is 11.5. The van der Waals surface area contributed by atoms with Crippen LogP contribution in [-0.4, -0.2) is 132 Å². The Bertz CT molecular complexity index is 1120. The second kappa shape index (κ2) is 37.8. The van der Waals surface area contributed by atoms with Gasteiger partial charge in [0, 0.05) is 13.2 Å². The van der Waals surface area contributed by atoms with Crippen molar-refractivity contribution in [3.05, 3.63) is 25.0 Å². The van der Waals surface area contributed by atoms with Gasteiger partial charge in [0.25, 0.3) is 0 Å². The summed E-state index contributed by atoms with van der Waals surface area (Å²) in [5, 5.41) is 51.5.